The van der Waals surface area contributed by atoms with E-state index in [0.29, 0.717) is 0 Å². The van der Waals surface area contributed by atoms with Gasteiger partial charge in [-0.15, -0.1) is 0 Å². The topological polar surface area (TPSA) is 48.0 Å². The average molecular weight is 451 g/mol. The zero-order valence-corrected chi connectivity index (χ0v) is 20.1. The molecule has 0 unspecified atom stereocenters. The fourth-order valence-electron chi connectivity index (χ4n) is 5.33. The van der Waals surface area contributed by atoms with Crippen molar-refractivity contribution in [1.29, 1.82) is 0 Å². The Labute approximate surface area is 198 Å². The molecule has 2 aromatic rings. The van der Waals surface area contributed by atoms with E-state index in [-0.39, 0.29) is 0 Å². The minimum atomic E-state index is 0.811. The highest BCUT2D eigenvalue weighted by molar-refractivity contribution is 5.63. The summed E-state index contributed by atoms with van der Waals surface area (Å²) in [4.78, 5) is 19.7. The molecule has 0 N–H and O–H groups in total. The average Bonchev–Trinajstić information content (AvgIpc) is 3.53. The van der Waals surface area contributed by atoms with Gasteiger partial charge in [-0.1, -0.05) is 0 Å². The molecule has 7 heteroatoms. The first-order chi connectivity index (χ1) is 16.3. The van der Waals surface area contributed by atoms with Crippen molar-refractivity contribution in [2.75, 3.05) is 89.0 Å². The van der Waals surface area contributed by atoms with Crippen molar-refractivity contribution in [3.05, 3.63) is 36.0 Å². The molecule has 1 aromatic carbocycles. The number of ether oxygens (including phenoxy) is 1. The number of hydrogen-bond donors (Lipinski definition) is 0. The van der Waals surface area contributed by atoms with E-state index >= 15 is 0 Å². The van der Waals surface area contributed by atoms with Gasteiger partial charge in [0.15, 0.2) is 5.82 Å². The van der Waals surface area contributed by atoms with Crippen LogP contribution in [0.2, 0.25) is 0 Å². The third-order valence-corrected chi connectivity index (χ3v) is 7.37. The third-order valence-electron chi connectivity index (χ3n) is 7.37. The van der Waals surface area contributed by atoms with Crippen LogP contribution >= 0.6 is 0 Å². The van der Waals surface area contributed by atoms with Crippen molar-refractivity contribution in [3.63, 3.8) is 0 Å². The maximum absolute atomic E-state index is 5.21. The van der Waals surface area contributed by atoms with Crippen LogP contribution in [-0.2, 0) is 11.2 Å². The first-order valence-corrected chi connectivity index (χ1v) is 12.7. The second-order valence-corrected chi connectivity index (χ2v) is 9.55. The van der Waals surface area contributed by atoms with Gasteiger partial charge in [-0.3, -0.25) is 4.90 Å². The lowest BCUT2D eigenvalue weighted by atomic mass is 10.1. The molecule has 0 amide bonds. The van der Waals surface area contributed by atoms with Crippen molar-refractivity contribution in [2.24, 2.45) is 0 Å². The van der Waals surface area contributed by atoms with Crippen molar-refractivity contribution < 1.29 is 4.74 Å². The molecule has 1 aromatic heterocycles. The first-order valence-electron chi connectivity index (χ1n) is 12.7. The third kappa shape index (κ3) is 5.48. The summed E-state index contributed by atoms with van der Waals surface area (Å²) in [5.41, 5.74) is 3.68. The van der Waals surface area contributed by atoms with E-state index in [1.165, 1.54) is 50.1 Å². The maximum atomic E-state index is 5.21. The van der Waals surface area contributed by atoms with Crippen LogP contribution in [0.4, 0.5) is 11.5 Å². The van der Waals surface area contributed by atoms with Crippen LogP contribution in [0.15, 0.2) is 30.5 Å². The number of benzene rings is 1. The van der Waals surface area contributed by atoms with E-state index in [1.54, 1.807) is 7.11 Å². The van der Waals surface area contributed by atoms with Gasteiger partial charge < -0.3 is 19.4 Å². The van der Waals surface area contributed by atoms with Gasteiger partial charge in [-0.2, -0.15) is 0 Å². The molecule has 5 rings (SSSR count). The zero-order chi connectivity index (χ0) is 22.5. The summed E-state index contributed by atoms with van der Waals surface area (Å²) < 4.78 is 5.21. The molecule has 0 saturated carbocycles. The molecule has 3 aliphatic heterocycles. The molecular formula is C26H38N6O. The lowest BCUT2D eigenvalue weighted by Crippen LogP contribution is -2.47. The second-order valence-electron chi connectivity index (χ2n) is 9.55. The number of rotatable bonds is 9. The summed E-state index contributed by atoms with van der Waals surface area (Å²) in [6.07, 6.45) is 7.06. The summed E-state index contributed by atoms with van der Waals surface area (Å²) in [6, 6.07) is 8.82. The number of likely N-dealkylation sites (tertiary alicyclic amines) is 1. The van der Waals surface area contributed by atoms with E-state index in [4.69, 9.17) is 14.7 Å². The molecule has 0 atom stereocenters. The fourth-order valence-corrected chi connectivity index (χ4v) is 5.33. The Hall–Kier alpha value is -2.22. The van der Waals surface area contributed by atoms with Crippen molar-refractivity contribution in [3.8, 4) is 11.4 Å². The Bertz CT molecular complexity index is 890. The lowest BCUT2D eigenvalue weighted by Gasteiger charge is -2.36. The smallest absolute Gasteiger partial charge is 0.161 e. The van der Waals surface area contributed by atoms with Crippen LogP contribution < -0.4 is 9.80 Å². The first kappa shape index (κ1) is 22.6. The van der Waals surface area contributed by atoms with E-state index in [1.807, 2.05) is 6.20 Å². The molecule has 3 aliphatic rings. The molecule has 178 valence electrons. The van der Waals surface area contributed by atoms with E-state index in [9.17, 15) is 0 Å². The van der Waals surface area contributed by atoms with E-state index < -0.39 is 0 Å². The SMILES string of the molecule is COCCN1CCN(c2ccc(-c3ncc4c(n3)N(CCCN3CCCC3)CC4)cc2)CC1. The molecule has 0 bridgehead atoms. The van der Waals surface area contributed by atoms with Crippen LogP contribution in [0.25, 0.3) is 11.4 Å². The molecule has 33 heavy (non-hydrogen) atoms. The summed E-state index contributed by atoms with van der Waals surface area (Å²) >= 11 is 0. The minimum Gasteiger partial charge on any atom is -0.383 e. The monoisotopic (exact) mass is 450 g/mol. The van der Waals surface area contributed by atoms with Crippen LogP contribution in [0, 0.1) is 0 Å². The Balaban J connectivity index is 1.19. The molecule has 7 nitrogen and oxygen atoms in total. The van der Waals surface area contributed by atoms with Gasteiger partial charge in [-0.05, 0) is 69.6 Å². The second kappa shape index (κ2) is 10.8. The zero-order valence-electron chi connectivity index (χ0n) is 20.1. The van der Waals surface area contributed by atoms with Gasteiger partial charge in [0.05, 0.1) is 6.61 Å². The largest absolute Gasteiger partial charge is 0.383 e. The van der Waals surface area contributed by atoms with Gasteiger partial charge in [-0.25, -0.2) is 9.97 Å². The molecule has 0 aliphatic carbocycles. The van der Waals surface area contributed by atoms with Crippen LogP contribution in [0.3, 0.4) is 0 Å². The molecule has 0 radical (unpaired) electrons. The summed E-state index contributed by atoms with van der Waals surface area (Å²) in [5.74, 6) is 1.99. The Morgan fingerprint density at radius 3 is 2.36 bits per heavy atom. The van der Waals surface area contributed by atoms with Gasteiger partial charge in [0.25, 0.3) is 0 Å². The quantitative estimate of drug-likeness (QED) is 0.582. The maximum Gasteiger partial charge on any atom is 0.161 e. The van der Waals surface area contributed by atoms with E-state index in [0.717, 1.165) is 76.0 Å². The highest BCUT2D eigenvalue weighted by Gasteiger charge is 2.23. The molecular weight excluding hydrogens is 412 g/mol. The number of piperazine rings is 1. The van der Waals surface area contributed by atoms with Gasteiger partial charge in [0, 0.05) is 75.9 Å². The minimum absolute atomic E-state index is 0.811. The van der Waals surface area contributed by atoms with Gasteiger partial charge >= 0.3 is 0 Å². The van der Waals surface area contributed by atoms with E-state index in [2.05, 4.69) is 43.9 Å². The number of aromatic nitrogens is 2. The number of methoxy groups -OCH3 is 1. The van der Waals surface area contributed by atoms with Crippen LogP contribution in [0.1, 0.15) is 24.8 Å². The van der Waals surface area contributed by atoms with Gasteiger partial charge in [0.1, 0.15) is 5.82 Å². The molecule has 2 saturated heterocycles. The number of hydrogen-bond acceptors (Lipinski definition) is 7. The van der Waals surface area contributed by atoms with Crippen molar-refractivity contribution in [1.82, 2.24) is 19.8 Å². The predicted octanol–water partition coefficient (Wildman–Crippen LogP) is 2.76. The Morgan fingerprint density at radius 2 is 1.61 bits per heavy atom. The fraction of sp³-hybridized carbons (Fsp3) is 0.615. The predicted molar refractivity (Wildman–Crippen MR) is 134 cm³/mol. The molecule has 4 heterocycles. The van der Waals surface area contributed by atoms with Crippen molar-refractivity contribution in [2.45, 2.75) is 25.7 Å². The van der Waals surface area contributed by atoms with Crippen LogP contribution in [0.5, 0.6) is 0 Å². The normalized spacial score (nSPS) is 19.4. The number of nitrogens with zero attached hydrogens (tertiary/aromatic N) is 6. The highest BCUT2D eigenvalue weighted by atomic mass is 16.5. The summed E-state index contributed by atoms with van der Waals surface area (Å²) in [6.45, 7) is 12.1. The highest BCUT2D eigenvalue weighted by Crippen LogP contribution is 2.29. The van der Waals surface area contributed by atoms with Gasteiger partial charge in [0.2, 0.25) is 0 Å². The molecule has 2 fully saturated rings. The Morgan fingerprint density at radius 1 is 0.848 bits per heavy atom. The molecule has 0 spiro atoms. The summed E-state index contributed by atoms with van der Waals surface area (Å²) in [5, 5.41) is 0. The lowest BCUT2D eigenvalue weighted by molar-refractivity contribution is 0.144. The number of fused-ring (bicyclic) bond motifs is 1. The number of anilines is 2. The standard InChI is InChI=1S/C26H38N6O/c1-33-20-19-30-15-17-31(18-16-30)24-7-5-22(6-8-24)25-27-21-23-9-14-32(26(23)28-25)13-4-12-29-10-2-3-11-29/h5-8,21H,2-4,9-20H2,1H3. The Kier molecular flexibility index (Phi) is 7.39. The summed E-state index contributed by atoms with van der Waals surface area (Å²) in [7, 11) is 1.77. The van der Waals surface area contributed by atoms with Crippen molar-refractivity contribution >= 4 is 11.5 Å². The van der Waals surface area contributed by atoms with Crippen LogP contribution in [-0.4, -0.2) is 98.9 Å².